The lowest BCUT2D eigenvalue weighted by atomic mass is 10.1. The molecule has 0 N–H and O–H groups in total. The zero-order valence-corrected chi connectivity index (χ0v) is 15.6. The Labute approximate surface area is 160 Å². The largest absolute Gasteiger partial charge is 0.462 e. The first kappa shape index (κ1) is 18.1. The van der Waals surface area contributed by atoms with Crippen LogP contribution in [0.1, 0.15) is 41.7 Å². The minimum atomic E-state index is -0.487. The van der Waals surface area contributed by atoms with E-state index in [-0.39, 0.29) is 23.8 Å². The summed E-state index contributed by atoms with van der Waals surface area (Å²) < 4.78 is 21.7. The van der Waals surface area contributed by atoms with E-state index in [4.69, 9.17) is 4.74 Å². The summed E-state index contributed by atoms with van der Waals surface area (Å²) in [5, 5.41) is 4.14. The molecule has 1 atom stereocenters. The number of ether oxygens (including phenoxy) is 1. The number of hydrogen-bond donors (Lipinski definition) is 0. The molecule has 1 aliphatic heterocycles. The summed E-state index contributed by atoms with van der Waals surface area (Å²) in [6.07, 6.45) is 5.87. The fourth-order valence-corrected chi connectivity index (χ4v) is 3.67. The number of carbonyl (C=O) groups excluding carboxylic acids is 1. The van der Waals surface area contributed by atoms with Crippen LogP contribution < -0.4 is 10.5 Å². The predicted octanol–water partition coefficient (Wildman–Crippen LogP) is 2.09. The van der Waals surface area contributed by atoms with Crippen LogP contribution in [0.3, 0.4) is 0 Å². The lowest BCUT2D eigenvalue weighted by molar-refractivity contribution is 0.0528. The molecule has 0 aliphatic carbocycles. The molecule has 0 saturated carbocycles. The standard InChI is InChI=1S/C19H20FN5O3/c1-3-28-19(27)14-10-21-25-8-6-16(22-17(14)25)24-7-4-5-15(24)13-9-12(20)11-23(2)18(13)26/h6,8-11,15H,3-5,7H2,1-2H3. The van der Waals surface area contributed by atoms with Crippen LogP contribution in [0.4, 0.5) is 10.2 Å². The van der Waals surface area contributed by atoms with Gasteiger partial charge in [-0.2, -0.15) is 5.10 Å². The highest BCUT2D eigenvalue weighted by atomic mass is 19.1. The van der Waals surface area contributed by atoms with Gasteiger partial charge in [-0.15, -0.1) is 0 Å². The van der Waals surface area contributed by atoms with Crippen molar-refractivity contribution in [2.24, 2.45) is 7.05 Å². The molecule has 9 heteroatoms. The second-order valence-corrected chi connectivity index (χ2v) is 6.71. The number of hydrogen-bond acceptors (Lipinski definition) is 6. The average Bonchev–Trinajstić information content (AvgIpc) is 3.31. The SMILES string of the molecule is CCOC(=O)c1cnn2ccc(N3CCCC3c3cc(F)cn(C)c3=O)nc12. The van der Waals surface area contributed by atoms with Gasteiger partial charge in [0.15, 0.2) is 5.65 Å². The normalized spacial score (nSPS) is 16.7. The van der Waals surface area contributed by atoms with Crippen molar-refractivity contribution in [1.82, 2.24) is 19.2 Å². The van der Waals surface area contributed by atoms with Gasteiger partial charge in [0, 0.05) is 31.5 Å². The molecule has 4 heterocycles. The van der Waals surface area contributed by atoms with Crippen LogP contribution in [0.25, 0.3) is 5.65 Å². The first-order valence-electron chi connectivity index (χ1n) is 9.14. The Hall–Kier alpha value is -3.23. The number of fused-ring (bicyclic) bond motifs is 1. The van der Waals surface area contributed by atoms with Crippen molar-refractivity contribution < 1.29 is 13.9 Å². The van der Waals surface area contributed by atoms with Gasteiger partial charge in [0.25, 0.3) is 5.56 Å². The zero-order valence-electron chi connectivity index (χ0n) is 15.6. The van der Waals surface area contributed by atoms with Gasteiger partial charge in [0.1, 0.15) is 17.2 Å². The molecule has 0 spiro atoms. The van der Waals surface area contributed by atoms with Crippen LogP contribution in [0, 0.1) is 5.82 Å². The van der Waals surface area contributed by atoms with Crippen molar-refractivity contribution in [3.63, 3.8) is 0 Å². The van der Waals surface area contributed by atoms with E-state index in [9.17, 15) is 14.0 Å². The minimum absolute atomic E-state index is 0.226. The number of esters is 1. The van der Waals surface area contributed by atoms with Crippen LogP contribution in [-0.2, 0) is 11.8 Å². The number of carbonyl (C=O) groups is 1. The first-order valence-corrected chi connectivity index (χ1v) is 9.14. The summed E-state index contributed by atoms with van der Waals surface area (Å²) in [6, 6.07) is 2.79. The van der Waals surface area contributed by atoms with Gasteiger partial charge in [0.2, 0.25) is 0 Å². The first-order chi connectivity index (χ1) is 13.5. The molecule has 1 aliphatic rings. The molecule has 0 bridgehead atoms. The molecule has 0 amide bonds. The van der Waals surface area contributed by atoms with E-state index in [1.54, 1.807) is 19.2 Å². The molecular formula is C19H20FN5O3. The van der Waals surface area contributed by atoms with Gasteiger partial charge in [-0.25, -0.2) is 18.7 Å². The third-order valence-electron chi connectivity index (χ3n) is 4.93. The molecule has 8 nitrogen and oxygen atoms in total. The molecular weight excluding hydrogens is 365 g/mol. The number of aromatic nitrogens is 4. The van der Waals surface area contributed by atoms with Crippen molar-refractivity contribution in [3.05, 3.63) is 58.0 Å². The molecule has 4 rings (SSSR count). The highest BCUT2D eigenvalue weighted by molar-refractivity contribution is 5.95. The van der Waals surface area contributed by atoms with Gasteiger partial charge in [0.05, 0.1) is 18.8 Å². The summed E-state index contributed by atoms with van der Waals surface area (Å²) >= 11 is 0. The third-order valence-corrected chi connectivity index (χ3v) is 4.93. The molecule has 0 aromatic carbocycles. The lowest BCUT2D eigenvalue weighted by Gasteiger charge is -2.26. The quantitative estimate of drug-likeness (QED) is 0.640. The smallest absolute Gasteiger partial charge is 0.343 e. The Kier molecular flexibility index (Phi) is 4.58. The van der Waals surface area contributed by atoms with Crippen molar-refractivity contribution in [3.8, 4) is 0 Å². The van der Waals surface area contributed by atoms with Gasteiger partial charge < -0.3 is 14.2 Å². The molecule has 1 unspecified atom stereocenters. The van der Waals surface area contributed by atoms with Crippen LogP contribution in [0.2, 0.25) is 0 Å². The number of pyridine rings is 1. The topological polar surface area (TPSA) is 81.7 Å². The highest BCUT2D eigenvalue weighted by Gasteiger charge is 2.30. The van der Waals surface area contributed by atoms with Crippen LogP contribution in [0.5, 0.6) is 0 Å². The summed E-state index contributed by atoms with van der Waals surface area (Å²) in [5.74, 6) is -0.334. The second kappa shape index (κ2) is 7.06. The molecule has 1 saturated heterocycles. The number of nitrogens with zero attached hydrogens (tertiary/aromatic N) is 5. The van der Waals surface area contributed by atoms with E-state index in [0.29, 0.717) is 23.6 Å². The Morgan fingerprint density at radius 2 is 2.25 bits per heavy atom. The van der Waals surface area contributed by atoms with Crippen molar-refractivity contribution in [2.45, 2.75) is 25.8 Å². The van der Waals surface area contributed by atoms with Crippen LogP contribution in [-0.4, -0.2) is 38.3 Å². The molecule has 146 valence electrons. The van der Waals surface area contributed by atoms with E-state index in [1.165, 1.54) is 34.6 Å². The van der Waals surface area contributed by atoms with E-state index in [1.807, 2.05) is 4.90 Å². The fourth-order valence-electron chi connectivity index (χ4n) is 3.67. The molecule has 0 radical (unpaired) electrons. The van der Waals surface area contributed by atoms with Crippen molar-refractivity contribution >= 4 is 17.4 Å². The maximum absolute atomic E-state index is 13.9. The van der Waals surface area contributed by atoms with Gasteiger partial charge in [-0.05, 0) is 31.9 Å². The number of rotatable bonds is 4. The number of halogens is 1. The Balaban J connectivity index is 1.76. The third kappa shape index (κ3) is 3.02. The highest BCUT2D eigenvalue weighted by Crippen LogP contribution is 2.34. The Bertz CT molecular complexity index is 1110. The van der Waals surface area contributed by atoms with E-state index in [2.05, 4.69) is 10.1 Å². The second-order valence-electron chi connectivity index (χ2n) is 6.71. The van der Waals surface area contributed by atoms with Gasteiger partial charge >= 0.3 is 5.97 Å². The Morgan fingerprint density at radius 3 is 3.04 bits per heavy atom. The van der Waals surface area contributed by atoms with E-state index < -0.39 is 11.8 Å². The molecule has 3 aromatic heterocycles. The lowest BCUT2D eigenvalue weighted by Crippen LogP contribution is -2.31. The Morgan fingerprint density at radius 1 is 1.43 bits per heavy atom. The summed E-state index contributed by atoms with van der Waals surface area (Å²) in [4.78, 5) is 31.3. The molecule has 3 aromatic rings. The zero-order chi connectivity index (χ0) is 19.8. The maximum atomic E-state index is 13.9. The molecule has 28 heavy (non-hydrogen) atoms. The fraction of sp³-hybridized carbons (Fsp3) is 0.368. The van der Waals surface area contributed by atoms with Gasteiger partial charge in [-0.3, -0.25) is 4.79 Å². The number of aryl methyl sites for hydroxylation is 1. The van der Waals surface area contributed by atoms with Crippen molar-refractivity contribution in [2.75, 3.05) is 18.1 Å². The van der Waals surface area contributed by atoms with E-state index in [0.717, 1.165) is 12.8 Å². The minimum Gasteiger partial charge on any atom is -0.462 e. The maximum Gasteiger partial charge on any atom is 0.343 e. The summed E-state index contributed by atoms with van der Waals surface area (Å²) in [7, 11) is 1.54. The van der Waals surface area contributed by atoms with Crippen LogP contribution >= 0.6 is 0 Å². The van der Waals surface area contributed by atoms with Gasteiger partial charge in [-0.1, -0.05) is 0 Å². The number of anilines is 1. The van der Waals surface area contributed by atoms with Crippen molar-refractivity contribution in [1.29, 1.82) is 0 Å². The predicted molar refractivity (Wildman–Crippen MR) is 99.9 cm³/mol. The summed E-state index contributed by atoms with van der Waals surface area (Å²) in [5.41, 5.74) is 0.839. The summed E-state index contributed by atoms with van der Waals surface area (Å²) in [6.45, 7) is 2.67. The molecule has 1 fully saturated rings. The van der Waals surface area contributed by atoms with Crippen LogP contribution in [0.15, 0.2) is 35.5 Å². The average molecular weight is 385 g/mol. The monoisotopic (exact) mass is 385 g/mol. The van der Waals surface area contributed by atoms with E-state index >= 15 is 0 Å².